The largest absolute Gasteiger partial charge is 0.544 e. The highest BCUT2D eigenvalue weighted by atomic mass is 16.5. The molecule has 0 fully saturated rings. The van der Waals surface area contributed by atoms with Gasteiger partial charge in [0, 0.05) is 0 Å². The number of benzene rings is 1. The molecule has 6 nitrogen and oxygen atoms in total. The molecule has 110 valence electrons. The second-order valence-corrected chi connectivity index (χ2v) is 4.40. The van der Waals surface area contributed by atoms with Crippen LogP contribution in [0.2, 0.25) is 0 Å². The maximum atomic E-state index is 11.9. The van der Waals surface area contributed by atoms with Gasteiger partial charge in [-0.3, -0.25) is 4.79 Å². The van der Waals surface area contributed by atoms with E-state index in [4.69, 9.17) is 4.74 Å². The Morgan fingerprint density at radius 2 is 2.10 bits per heavy atom. The highest BCUT2D eigenvalue weighted by Crippen LogP contribution is 2.22. The predicted molar refractivity (Wildman–Crippen MR) is 72.1 cm³/mol. The van der Waals surface area contributed by atoms with Crippen molar-refractivity contribution in [1.29, 1.82) is 0 Å². The molecule has 0 spiro atoms. The van der Waals surface area contributed by atoms with Crippen LogP contribution < -0.4 is 20.5 Å². The highest BCUT2D eigenvalue weighted by molar-refractivity contribution is 5.94. The molecule has 0 aliphatic carbocycles. The summed E-state index contributed by atoms with van der Waals surface area (Å²) in [7, 11) is 1.50. The normalized spacial score (nSPS) is 11.7. The smallest absolute Gasteiger partial charge is 0.230 e. The summed E-state index contributed by atoms with van der Waals surface area (Å²) in [6.45, 7) is 2.58. The van der Waals surface area contributed by atoms with Gasteiger partial charge in [0.05, 0.1) is 31.7 Å². The SMILES string of the molecule is CCC[NH2+][C@@H](CC(=O)Nc1ccccc1OC)C(=O)[O-]. The lowest BCUT2D eigenvalue weighted by atomic mass is 10.2. The molecule has 0 aromatic heterocycles. The Kier molecular flexibility index (Phi) is 6.52. The summed E-state index contributed by atoms with van der Waals surface area (Å²) in [5.41, 5.74) is 0.521. The topological polar surface area (TPSA) is 95.1 Å². The first-order valence-corrected chi connectivity index (χ1v) is 6.55. The molecule has 0 radical (unpaired) electrons. The van der Waals surface area contributed by atoms with Gasteiger partial charge in [0.1, 0.15) is 11.8 Å². The van der Waals surface area contributed by atoms with E-state index < -0.39 is 12.0 Å². The van der Waals surface area contributed by atoms with Crippen molar-refractivity contribution in [2.75, 3.05) is 19.0 Å². The van der Waals surface area contributed by atoms with Crippen molar-refractivity contribution in [3.8, 4) is 5.75 Å². The second-order valence-electron chi connectivity index (χ2n) is 4.40. The van der Waals surface area contributed by atoms with E-state index in [2.05, 4.69) is 5.32 Å². The van der Waals surface area contributed by atoms with Crippen LogP contribution in [-0.4, -0.2) is 31.6 Å². The maximum absolute atomic E-state index is 11.9. The lowest BCUT2D eigenvalue weighted by molar-refractivity contribution is -0.682. The minimum atomic E-state index is -1.23. The number of ether oxygens (including phenoxy) is 1. The average molecular weight is 280 g/mol. The van der Waals surface area contributed by atoms with Crippen molar-refractivity contribution in [2.24, 2.45) is 0 Å². The van der Waals surface area contributed by atoms with E-state index in [9.17, 15) is 14.7 Å². The second kappa shape index (κ2) is 8.16. The third kappa shape index (κ3) is 4.89. The molecule has 0 bridgehead atoms. The van der Waals surface area contributed by atoms with Gasteiger partial charge < -0.3 is 25.3 Å². The monoisotopic (exact) mass is 280 g/mol. The summed E-state index contributed by atoms with van der Waals surface area (Å²) in [5.74, 6) is -1.08. The Bertz CT molecular complexity index is 462. The van der Waals surface area contributed by atoms with Crippen LogP contribution in [0.5, 0.6) is 5.75 Å². The Morgan fingerprint density at radius 3 is 2.70 bits per heavy atom. The molecule has 3 N–H and O–H groups in total. The Balaban J connectivity index is 2.63. The van der Waals surface area contributed by atoms with Crippen LogP contribution in [-0.2, 0) is 9.59 Å². The van der Waals surface area contributed by atoms with Crippen LogP contribution in [0.25, 0.3) is 0 Å². The number of hydrogen-bond acceptors (Lipinski definition) is 4. The van der Waals surface area contributed by atoms with E-state index in [0.717, 1.165) is 6.42 Å². The molecule has 1 aromatic carbocycles. The van der Waals surface area contributed by atoms with Crippen molar-refractivity contribution in [3.63, 3.8) is 0 Å². The number of methoxy groups -OCH3 is 1. The van der Waals surface area contributed by atoms with Crippen LogP contribution in [0.1, 0.15) is 19.8 Å². The fourth-order valence-corrected chi connectivity index (χ4v) is 1.78. The molecule has 1 rings (SSSR count). The lowest BCUT2D eigenvalue weighted by Gasteiger charge is -2.16. The molecule has 1 aromatic rings. The zero-order valence-corrected chi connectivity index (χ0v) is 11.7. The van der Waals surface area contributed by atoms with Gasteiger partial charge in [-0.05, 0) is 18.6 Å². The number of hydrogen-bond donors (Lipinski definition) is 2. The molecular formula is C14H20N2O4. The molecule has 20 heavy (non-hydrogen) atoms. The van der Waals surface area contributed by atoms with E-state index in [1.165, 1.54) is 7.11 Å². The van der Waals surface area contributed by atoms with Crippen molar-refractivity contribution in [2.45, 2.75) is 25.8 Å². The van der Waals surface area contributed by atoms with Crippen LogP contribution in [0.3, 0.4) is 0 Å². The summed E-state index contributed by atoms with van der Waals surface area (Å²) < 4.78 is 5.11. The summed E-state index contributed by atoms with van der Waals surface area (Å²) in [4.78, 5) is 22.9. The third-order valence-electron chi connectivity index (χ3n) is 2.83. The molecule has 0 aliphatic heterocycles. The zero-order chi connectivity index (χ0) is 15.0. The van der Waals surface area contributed by atoms with Gasteiger partial charge >= 0.3 is 0 Å². The number of carboxylic acid groups (broad SMARTS) is 1. The molecule has 0 saturated carbocycles. The van der Waals surface area contributed by atoms with Crippen LogP contribution in [0.15, 0.2) is 24.3 Å². The van der Waals surface area contributed by atoms with Gasteiger partial charge in [-0.2, -0.15) is 0 Å². The molecule has 0 aliphatic rings. The Labute approximate surface area is 118 Å². The number of quaternary nitrogens is 1. The maximum Gasteiger partial charge on any atom is 0.230 e. The van der Waals surface area contributed by atoms with Crippen molar-refractivity contribution in [1.82, 2.24) is 0 Å². The number of aliphatic carboxylic acids is 1. The fraction of sp³-hybridized carbons (Fsp3) is 0.429. The molecule has 6 heteroatoms. The summed E-state index contributed by atoms with van der Waals surface area (Å²) >= 11 is 0. The lowest BCUT2D eigenvalue weighted by Crippen LogP contribution is -2.93. The number of carbonyl (C=O) groups excluding carboxylic acids is 2. The van der Waals surface area contributed by atoms with E-state index in [0.29, 0.717) is 18.0 Å². The van der Waals surface area contributed by atoms with Gasteiger partial charge in [-0.1, -0.05) is 19.1 Å². The van der Waals surface area contributed by atoms with Gasteiger partial charge in [-0.25, -0.2) is 0 Å². The van der Waals surface area contributed by atoms with Gasteiger partial charge in [-0.15, -0.1) is 0 Å². The number of anilines is 1. The minimum Gasteiger partial charge on any atom is -0.544 e. The molecule has 0 heterocycles. The molecular weight excluding hydrogens is 260 g/mol. The van der Waals surface area contributed by atoms with E-state index in [1.54, 1.807) is 29.6 Å². The molecule has 0 saturated heterocycles. The van der Waals surface area contributed by atoms with Crippen LogP contribution >= 0.6 is 0 Å². The molecule has 1 amide bonds. The third-order valence-corrected chi connectivity index (χ3v) is 2.83. The Hall–Kier alpha value is -2.08. The molecule has 1 atom stereocenters. The number of carboxylic acids is 1. The van der Waals surface area contributed by atoms with Gasteiger partial charge in [0.25, 0.3) is 0 Å². The van der Waals surface area contributed by atoms with Gasteiger partial charge in [0.2, 0.25) is 5.91 Å². The highest BCUT2D eigenvalue weighted by Gasteiger charge is 2.18. The number of nitrogens with two attached hydrogens (primary N) is 1. The predicted octanol–water partition coefficient (Wildman–Crippen LogP) is -0.884. The Morgan fingerprint density at radius 1 is 1.40 bits per heavy atom. The number of para-hydroxylation sites is 2. The number of rotatable bonds is 8. The minimum absolute atomic E-state index is 0.139. The summed E-state index contributed by atoms with van der Waals surface area (Å²) in [5, 5.41) is 15.2. The fourth-order valence-electron chi connectivity index (χ4n) is 1.78. The zero-order valence-electron chi connectivity index (χ0n) is 11.7. The summed E-state index contributed by atoms with van der Waals surface area (Å²) in [6.07, 6.45) is 0.693. The number of carbonyl (C=O) groups is 2. The quantitative estimate of drug-likeness (QED) is 0.646. The van der Waals surface area contributed by atoms with Crippen molar-refractivity contribution < 1.29 is 24.7 Å². The van der Waals surface area contributed by atoms with E-state index in [1.807, 2.05) is 6.92 Å². The van der Waals surface area contributed by atoms with Crippen LogP contribution in [0.4, 0.5) is 5.69 Å². The van der Waals surface area contributed by atoms with E-state index in [-0.39, 0.29) is 12.3 Å². The first-order valence-electron chi connectivity index (χ1n) is 6.55. The van der Waals surface area contributed by atoms with E-state index >= 15 is 0 Å². The molecule has 0 unspecified atom stereocenters. The average Bonchev–Trinajstić information content (AvgIpc) is 2.43. The first-order chi connectivity index (χ1) is 9.58. The summed E-state index contributed by atoms with van der Waals surface area (Å²) in [6, 6.07) is 6.09. The van der Waals surface area contributed by atoms with Crippen molar-refractivity contribution in [3.05, 3.63) is 24.3 Å². The number of nitrogens with one attached hydrogen (secondary N) is 1. The van der Waals surface area contributed by atoms with Gasteiger partial charge in [0.15, 0.2) is 0 Å². The number of amides is 1. The first kappa shape index (κ1) is 16.0. The standard InChI is InChI=1S/C14H20N2O4/c1-3-8-15-11(14(18)19)9-13(17)16-10-6-4-5-7-12(10)20-2/h4-7,11,15H,3,8-9H2,1-2H3,(H,16,17)(H,18,19)/t11-/m0/s1. The van der Waals surface area contributed by atoms with Crippen LogP contribution in [0, 0.1) is 0 Å². The van der Waals surface area contributed by atoms with Crippen molar-refractivity contribution >= 4 is 17.6 Å².